The summed E-state index contributed by atoms with van der Waals surface area (Å²) in [6.07, 6.45) is 4.14. The van der Waals surface area contributed by atoms with Gasteiger partial charge < -0.3 is 9.72 Å². The first kappa shape index (κ1) is 5.95. The molecule has 1 aliphatic rings. The second-order valence-corrected chi connectivity index (χ2v) is 2.40. The van der Waals surface area contributed by atoms with Gasteiger partial charge in [-0.3, -0.25) is 5.32 Å². The Morgan fingerprint density at radius 3 is 3.20 bits per heavy atom. The van der Waals surface area contributed by atoms with Crippen molar-refractivity contribution in [2.45, 2.75) is 6.10 Å². The summed E-state index contributed by atoms with van der Waals surface area (Å²) in [4.78, 5) is 3.00. The van der Waals surface area contributed by atoms with Crippen molar-refractivity contribution in [1.82, 2.24) is 10.3 Å². The molecule has 0 spiro atoms. The summed E-state index contributed by atoms with van der Waals surface area (Å²) < 4.78 is 5.37. The van der Waals surface area contributed by atoms with E-state index in [-0.39, 0.29) is 6.10 Å². The number of hydrogen-bond acceptors (Lipinski definition) is 2. The molecule has 1 unspecified atom stereocenters. The van der Waals surface area contributed by atoms with Gasteiger partial charge in [-0.15, -0.1) is 0 Å². The number of nitrogens with one attached hydrogen (secondary N) is 2. The zero-order valence-corrected chi connectivity index (χ0v) is 5.63. The van der Waals surface area contributed by atoms with Crippen LogP contribution in [0.2, 0.25) is 0 Å². The lowest BCUT2D eigenvalue weighted by molar-refractivity contribution is 0.114. The van der Waals surface area contributed by atoms with Crippen molar-refractivity contribution < 1.29 is 4.74 Å². The van der Waals surface area contributed by atoms with Crippen molar-refractivity contribution in [2.75, 3.05) is 13.3 Å². The predicted octanol–water partition coefficient (Wildman–Crippen LogP) is 0.633. The van der Waals surface area contributed by atoms with Crippen LogP contribution in [0.3, 0.4) is 0 Å². The van der Waals surface area contributed by atoms with Crippen LogP contribution >= 0.6 is 0 Å². The number of aromatic nitrogens is 1. The Hall–Kier alpha value is -0.800. The molecule has 0 amide bonds. The fraction of sp³-hybridized carbons (Fsp3) is 0.429. The van der Waals surface area contributed by atoms with Crippen LogP contribution in [0, 0.1) is 0 Å². The molecule has 10 heavy (non-hydrogen) atoms. The molecule has 3 nitrogen and oxygen atoms in total. The molecule has 0 aromatic carbocycles. The maximum absolute atomic E-state index is 5.37. The Morgan fingerprint density at radius 1 is 1.60 bits per heavy atom. The molecule has 0 aliphatic carbocycles. The minimum absolute atomic E-state index is 0.256. The first-order chi connectivity index (χ1) is 4.97. The predicted molar refractivity (Wildman–Crippen MR) is 37.5 cm³/mol. The number of H-pyrrole nitrogens is 1. The molecular formula is C7H10N2O. The lowest BCUT2D eigenvalue weighted by atomic mass is 10.2. The van der Waals surface area contributed by atoms with Crippen LogP contribution < -0.4 is 5.32 Å². The van der Waals surface area contributed by atoms with Gasteiger partial charge in [-0.05, 0) is 11.6 Å². The molecule has 0 bridgehead atoms. The van der Waals surface area contributed by atoms with Gasteiger partial charge in [-0.2, -0.15) is 0 Å². The van der Waals surface area contributed by atoms with E-state index in [0.717, 1.165) is 6.54 Å². The third-order valence-corrected chi connectivity index (χ3v) is 1.71. The van der Waals surface area contributed by atoms with Crippen LogP contribution in [0.1, 0.15) is 11.7 Å². The monoisotopic (exact) mass is 138 g/mol. The van der Waals surface area contributed by atoms with Crippen molar-refractivity contribution in [3.8, 4) is 0 Å². The summed E-state index contributed by atoms with van der Waals surface area (Å²) in [6, 6.07) is 2.04. The van der Waals surface area contributed by atoms with Crippen LogP contribution in [0.25, 0.3) is 0 Å². The highest BCUT2D eigenvalue weighted by atomic mass is 16.5. The molecule has 1 saturated heterocycles. The van der Waals surface area contributed by atoms with Crippen LogP contribution in [-0.4, -0.2) is 18.3 Å². The normalized spacial score (nSPS) is 25.4. The molecule has 2 N–H and O–H groups in total. The zero-order chi connectivity index (χ0) is 6.81. The largest absolute Gasteiger partial charge is 0.367 e. The fourth-order valence-corrected chi connectivity index (χ4v) is 1.16. The van der Waals surface area contributed by atoms with Crippen molar-refractivity contribution in [1.29, 1.82) is 0 Å². The summed E-state index contributed by atoms with van der Waals surface area (Å²) in [5.74, 6) is 0. The Kier molecular flexibility index (Phi) is 1.45. The van der Waals surface area contributed by atoms with Crippen LogP contribution in [0.4, 0.5) is 0 Å². The van der Waals surface area contributed by atoms with Crippen molar-refractivity contribution >= 4 is 0 Å². The highest BCUT2D eigenvalue weighted by molar-refractivity contribution is 5.13. The zero-order valence-electron chi connectivity index (χ0n) is 5.63. The van der Waals surface area contributed by atoms with E-state index in [1.807, 2.05) is 18.5 Å². The molecular weight excluding hydrogens is 128 g/mol. The van der Waals surface area contributed by atoms with Gasteiger partial charge in [0.05, 0.1) is 12.8 Å². The molecule has 0 saturated carbocycles. The summed E-state index contributed by atoms with van der Waals surface area (Å²) >= 11 is 0. The number of rotatable bonds is 1. The topological polar surface area (TPSA) is 37.0 Å². The van der Waals surface area contributed by atoms with Crippen molar-refractivity contribution in [3.05, 3.63) is 24.0 Å². The van der Waals surface area contributed by atoms with E-state index in [9.17, 15) is 0 Å². The highest BCUT2D eigenvalue weighted by Gasteiger charge is 2.16. The van der Waals surface area contributed by atoms with Crippen LogP contribution in [-0.2, 0) is 4.74 Å². The third kappa shape index (κ3) is 0.936. The Labute approximate surface area is 59.4 Å². The van der Waals surface area contributed by atoms with E-state index < -0.39 is 0 Å². The lowest BCUT2D eigenvalue weighted by Crippen LogP contribution is -2.07. The molecule has 0 radical (unpaired) electrons. The number of hydrogen-bond donors (Lipinski definition) is 2. The Balaban J connectivity index is 2.12. The first-order valence-electron chi connectivity index (χ1n) is 3.42. The molecule has 1 aromatic rings. The van der Waals surface area contributed by atoms with E-state index in [2.05, 4.69) is 10.3 Å². The average molecular weight is 138 g/mol. The van der Waals surface area contributed by atoms with Crippen LogP contribution in [0.5, 0.6) is 0 Å². The molecule has 3 heteroatoms. The second-order valence-electron chi connectivity index (χ2n) is 2.40. The van der Waals surface area contributed by atoms with Gasteiger partial charge in [0, 0.05) is 18.9 Å². The average Bonchev–Trinajstić information content (AvgIpc) is 2.59. The van der Waals surface area contributed by atoms with Gasteiger partial charge in [-0.1, -0.05) is 0 Å². The molecule has 1 fully saturated rings. The Bertz CT molecular complexity index is 189. The molecule has 1 aliphatic heterocycles. The van der Waals surface area contributed by atoms with Gasteiger partial charge in [0.15, 0.2) is 0 Å². The van der Waals surface area contributed by atoms with Gasteiger partial charge in [-0.25, -0.2) is 0 Å². The standard InChI is InChI=1S/C7H10N2O/c1-2-8-3-6(1)7-4-9-5-10-7/h1-3,7-9H,4-5H2. The summed E-state index contributed by atoms with van der Waals surface area (Å²) in [5, 5.41) is 3.12. The molecule has 2 rings (SSSR count). The molecule has 54 valence electrons. The first-order valence-corrected chi connectivity index (χ1v) is 3.42. The summed E-state index contributed by atoms with van der Waals surface area (Å²) in [6.45, 7) is 1.60. The number of aromatic amines is 1. The Morgan fingerprint density at radius 2 is 2.60 bits per heavy atom. The van der Waals surface area contributed by atoms with Crippen molar-refractivity contribution in [2.24, 2.45) is 0 Å². The minimum atomic E-state index is 0.256. The van der Waals surface area contributed by atoms with E-state index >= 15 is 0 Å². The van der Waals surface area contributed by atoms with Gasteiger partial charge in [0.2, 0.25) is 0 Å². The minimum Gasteiger partial charge on any atom is -0.367 e. The maximum atomic E-state index is 5.37. The third-order valence-electron chi connectivity index (χ3n) is 1.71. The maximum Gasteiger partial charge on any atom is 0.0982 e. The van der Waals surface area contributed by atoms with E-state index in [0.29, 0.717) is 6.73 Å². The fourth-order valence-electron chi connectivity index (χ4n) is 1.16. The second kappa shape index (κ2) is 2.44. The molecule has 2 heterocycles. The van der Waals surface area contributed by atoms with E-state index in [1.165, 1.54) is 5.56 Å². The summed E-state index contributed by atoms with van der Waals surface area (Å²) in [5.41, 5.74) is 1.23. The summed E-state index contributed by atoms with van der Waals surface area (Å²) in [7, 11) is 0. The molecule has 1 atom stereocenters. The SMILES string of the molecule is c1cc(C2CNCO2)c[nH]1. The van der Waals surface area contributed by atoms with Crippen molar-refractivity contribution in [3.63, 3.8) is 0 Å². The smallest absolute Gasteiger partial charge is 0.0982 e. The molecule has 1 aromatic heterocycles. The van der Waals surface area contributed by atoms with Crippen LogP contribution in [0.15, 0.2) is 18.5 Å². The highest BCUT2D eigenvalue weighted by Crippen LogP contribution is 2.17. The van der Waals surface area contributed by atoms with Gasteiger partial charge in [0.25, 0.3) is 0 Å². The van der Waals surface area contributed by atoms with Gasteiger partial charge >= 0.3 is 0 Å². The van der Waals surface area contributed by atoms with E-state index in [1.54, 1.807) is 0 Å². The van der Waals surface area contributed by atoms with Gasteiger partial charge in [0.1, 0.15) is 0 Å². The quantitative estimate of drug-likeness (QED) is 0.597. The van der Waals surface area contributed by atoms with E-state index in [4.69, 9.17) is 4.74 Å². The number of ether oxygens (including phenoxy) is 1. The lowest BCUT2D eigenvalue weighted by Gasteiger charge is -2.03.